The molecule has 1 fully saturated rings. The summed E-state index contributed by atoms with van der Waals surface area (Å²) in [5.74, 6) is 1.27. The molecule has 2 heteroatoms. The summed E-state index contributed by atoms with van der Waals surface area (Å²) in [7, 11) is 0. The minimum absolute atomic E-state index is 0.566. The zero-order chi connectivity index (χ0) is 7.14. The van der Waals surface area contributed by atoms with Crippen molar-refractivity contribution in [3.63, 3.8) is 0 Å². The molecule has 0 aromatic carbocycles. The number of nitrogens with zero attached hydrogens (tertiary/aromatic N) is 2. The van der Waals surface area contributed by atoms with Gasteiger partial charge in [0.05, 0.1) is 0 Å². The molecule has 0 saturated carbocycles. The highest BCUT2D eigenvalue weighted by Gasteiger charge is 2.33. The van der Waals surface area contributed by atoms with Crippen LogP contribution in [0.4, 0.5) is 0 Å². The monoisotopic (exact) mass is 136 g/mol. The first-order chi connectivity index (χ1) is 4.79. The van der Waals surface area contributed by atoms with Gasteiger partial charge < -0.3 is 4.90 Å². The molecular formula is C8H12N2. The quantitative estimate of drug-likeness (QED) is 0.491. The number of aliphatic imine (C=N–C) groups is 1. The van der Waals surface area contributed by atoms with Crippen LogP contribution in [0.25, 0.3) is 0 Å². The van der Waals surface area contributed by atoms with E-state index in [1.807, 2.05) is 6.20 Å². The van der Waals surface area contributed by atoms with Gasteiger partial charge in [0.2, 0.25) is 0 Å². The van der Waals surface area contributed by atoms with Gasteiger partial charge >= 0.3 is 0 Å². The zero-order valence-corrected chi connectivity index (χ0v) is 6.41. The Morgan fingerprint density at radius 2 is 2.40 bits per heavy atom. The van der Waals surface area contributed by atoms with Crippen molar-refractivity contribution >= 4 is 5.84 Å². The third kappa shape index (κ3) is 0.618. The summed E-state index contributed by atoms with van der Waals surface area (Å²) in [6, 6.07) is 1.27. The summed E-state index contributed by atoms with van der Waals surface area (Å²) in [4.78, 5) is 6.62. The number of rotatable bonds is 0. The Morgan fingerprint density at radius 1 is 1.60 bits per heavy atom. The summed E-state index contributed by atoms with van der Waals surface area (Å²) in [5.41, 5.74) is 0. The van der Waals surface area contributed by atoms with Gasteiger partial charge in [-0.3, -0.25) is 0 Å². The Hall–Kier alpha value is -0.790. The third-order valence-corrected chi connectivity index (χ3v) is 2.28. The van der Waals surface area contributed by atoms with Gasteiger partial charge in [-0.25, -0.2) is 4.99 Å². The Balaban J connectivity index is 2.22. The molecule has 2 rings (SSSR count). The van der Waals surface area contributed by atoms with Crippen LogP contribution >= 0.6 is 0 Å². The van der Waals surface area contributed by atoms with E-state index in [-0.39, 0.29) is 0 Å². The molecular weight excluding hydrogens is 124 g/mol. The maximum absolute atomic E-state index is 4.26. The standard InChI is InChI=1S/C8H12N2/c1-6-3-4-9-8-5-7(2)10(6)8/h3-4,6-7H,5H2,1-2H3/t6-,7+/m0/s1. The number of fused-ring (bicyclic) bond motifs is 1. The second-order valence-corrected chi connectivity index (χ2v) is 3.09. The van der Waals surface area contributed by atoms with Crippen LogP contribution < -0.4 is 0 Å². The summed E-state index contributed by atoms with van der Waals surface area (Å²) >= 11 is 0. The molecule has 0 spiro atoms. The Kier molecular flexibility index (Phi) is 1.10. The van der Waals surface area contributed by atoms with Gasteiger partial charge in [0.15, 0.2) is 0 Å². The number of hydrogen-bond acceptors (Lipinski definition) is 2. The van der Waals surface area contributed by atoms with Crippen molar-refractivity contribution in [2.24, 2.45) is 4.99 Å². The average Bonchev–Trinajstić information content (AvgIpc) is 1.85. The van der Waals surface area contributed by atoms with E-state index in [1.165, 1.54) is 5.84 Å². The molecule has 1 saturated heterocycles. The van der Waals surface area contributed by atoms with Crippen molar-refractivity contribution in [3.05, 3.63) is 12.3 Å². The van der Waals surface area contributed by atoms with E-state index in [4.69, 9.17) is 0 Å². The van der Waals surface area contributed by atoms with Crippen LogP contribution in [0.15, 0.2) is 17.3 Å². The van der Waals surface area contributed by atoms with Crippen molar-refractivity contribution in [2.45, 2.75) is 32.4 Å². The maximum atomic E-state index is 4.26. The van der Waals surface area contributed by atoms with Crippen molar-refractivity contribution in [3.8, 4) is 0 Å². The van der Waals surface area contributed by atoms with Gasteiger partial charge in [0, 0.05) is 24.7 Å². The van der Waals surface area contributed by atoms with Crippen molar-refractivity contribution in [2.75, 3.05) is 0 Å². The molecule has 54 valence electrons. The van der Waals surface area contributed by atoms with Gasteiger partial charge in [-0.1, -0.05) is 0 Å². The van der Waals surface area contributed by atoms with Gasteiger partial charge in [0.25, 0.3) is 0 Å². The minimum Gasteiger partial charge on any atom is -0.351 e. The lowest BCUT2D eigenvalue weighted by Gasteiger charge is -2.46. The lowest BCUT2D eigenvalue weighted by atomic mass is 9.99. The lowest BCUT2D eigenvalue weighted by Crippen LogP contribution is -2.55. The Bertz CT molecular complexity index is 205. The molecule has 0 amide bonds. The van der Waals surface area contributed by atoms with E-state index < -0.39 is 0 Å². The largest absolute Gasteiger partial charge is 0.351 e. The highest BCUT2D eigenvalue weighted by atomic mass is 15.3. The molecule has 2 heterocycles. The van der Waals surface area contributed by atoms with E-state index in [9.17, 15) is 0 Å². The second kappa shape index (κ2) is 1.84. The van der Waals surface area contributed by atoms with E-state index in [2.05, 4.69) is 29.8 Å². The summed E-state index contributed by atoms with van der Waals surface area (Å²) in [6.45, 7) is 4.45. The first kappa shape index (κ1) is 5.96. The molecule has 0 aromatic heterocycles. The van der Waals surface area contributed by atoms with Crippen LogP contribution in [-0.4, -0.2) is 22.8 Å². The lowest BCUT2D eigenvalue weighted by molar-refractivity contribution is 0.231. The van der Waals surface area contributed by atoms with Crippen LogP contribution in [0.1, 0.15) is 20.3 Å². The topological polar surface area (TPSA) is 15.6 Å². The summed E-state index contributed by atoms with van der Waals surface area (Å²) in [5, 5.41) is 0. The Labute approximate surface area is 61.2 Å². The molecule has 2 aliphatic heterocycles. The molecule has 2 aliphatic rings. The van der Waals surface area contributed by atoms with E-state index in [0.29, 0.717) is 12.1 Å². The van der Waals surface area contributed by atoms with Crippen LogP contribution in [-0.2, 0) is 0 Å². The van der Waals surface area contributed by atoms with Gasteiger partial charge in [0.1, 0.15) is 5.84 Å². The summed E-state index contributed by atoms with van der Waals surface area (Å²) in [6.07, 6.45) is 5.22. The molecule has 0 radical (unpaired) electrons. The fourth-order valence-electron chi connectivity index (χ4n) is 1.71. The molecule has 0 aliphatic carbocycles. The zero-order valence-electron chi connectivity index (χ0n) is 6.41. The first-order valence-electron chi connectivity index (χ1n) is 3.80. The first-order valence-corrected chi connectivity index (χ1v) is 3.80. The van der Waals surface area contributed by atoms with Crippen molar-refractivity contribution in [1.82, 2.24) is 4.90 Å². The molecule has 0 N–H and O–H groups in total. The van der Waals surface area contributed by atoms with Crippen molar-refractivity contribution < 1.29 is 0 Å². The third-order valence-electron chi connectivity index (χ3n) is 2.28. The smallest absolute Gasteiger partial charge is 0.107 e. The fourth-order valence-corrected chi connectivity index (χ4v) is 1.71. The minimum atomic E-state index is 0.566. The molecule has 2 atom stereocenters. The molecule has 10 heavy (non-hydrogen) atoms. The maximum Gasteiger partial charge on any atom is 0.107 e. The highest BCUT2D eigenvalue weighted by molar-refractivity contribution is 5.90. The highest BCUT2D eigenvalue weighted by Crippen LogP contribution is 2.26. The van der Waals surface area contributed by atoms with Crippen molar-refractivity contribution in [1.29, 1.82) is 0 Å². The van der Waals surface area contributed by atoms with Crippen LogP contribution in [0.5, 0.6) is 0 Å². The second-order valence-electron chi connectivity index (χ2n) is 3.09. The van der Waals surface area contributed by atoms with Gasteiger partial charge in [-0.2, -0.15) is 0 Å². The molecule has 0 unspecified atom stereocenters. The van der Waals surface area contributed by atoms with Gasteiger partial charge in [-0.15, -0.1) is 0 Å². The SMILES string of the molecule is C[C@@H]1CC2=NC=C[C@H](C)N21. The predicted molar refractivity (Wildman–Crippen MR) is 42.0 cm³/mol. The molecule has 2 nitrogen and oxygen atoms in total. The average molecular weight is 136 g/mol. The van der Waals surface area contributed by atoms with Crippen LogP contribution in [0, 0.1) is 0 Å². The number of hydrogen-bond donors (Lipinski definition) is 0. The van der Waals surface area contributed by atoms with E-state index in [1.54, 1.807) is 0 Å². The molecule has 0 aromatic rings. The van der Waals surface area contributed by atoms with Gasteiger partial charge in [-0.05, 0) is 19.9 Å². The van der Waals surface area contributed by atoms with Crippen LogP contribution in [0.3, 0.4) is 0 Å². The Morgan fingerprint density at radius 3 is 2.90 bits per heavy atom. The van der Waals surface area contributed by atoms with E-state index in [0.717, 1.165) is 6.42 Å². The molecule has 0 bridgehead atoms. The summed E-state index contributed by atoms with van der Waals surface area (Å²) < 4.78 is 0. The van der Waals surface area contributed by atoms with Crippen LogP contribution in [0.2, 0.25) is 0 Å². The van der Waals surface area contributed by atoms with E-state index >= 15 is 0 Å². The number of amidine groups is 1. The fraction of sp³-hybridized carbons (Fsp3) is 0.625. The normalized spacial score (nSPS) is 36.6. The predicted octanol–water partition coefficient (Wildman–Crippen LogP) is 1.39.